The van der Waals surface area contributed by atoms with Gasteiger partial charge in [-0.25, -0.2) is 0 Å². The highest BCUT2D eigenvalue weighted by atomic mass is 15.3. The van der Waals surface area contributed by atoms with Gasteiger partial charge in [0.05, 0.1) is 0 Å². The lowest BCUT2D eigenvalue weighted by atomic mass is 10.1. The molecule has 1 aliphatic rings. The minimum Gasteiger partial charge on any atom is -0.313 e. The molecule has 0 aliphatic carbocycles. The summed E-state index contributed by atoms with van der Waals surface area (Å²) in [6.07, 6.45) is 1.27. The molecule has 1 aromatic carbocycles. The molecule has 0 amide bonds. The van der Waals surface area contributed by atoms with Crippen molar-refractivity contribution in [1.29, 1.82) is 0 Å². The van der Waals surface area contributed by atoms with Gasteiger partial charge in [-0.15, -0.1) is 0 Å². The van der Waals surface area contributed by atoms with Gasteiger partial charge < -0.3 is 10.2 Å². The maximum absolute atomic E-state index is 3.44. The molecule has 1 aromatic rings. The van der Waals surface area contributed by atoms with Crippen molar-refractivity contribution in [2.24, 2.45) is 0 Å². The third kappa shape index (κ3) is 4.58. The number of nitrogens with zero attached hydrogens (tertiary/aromatic N) is 2. The molecule has 0 aromatic heterocycles. The van der Waals surface area contributed by atoms with Gasteiger partial charge in [0, 0.05) is 39.3 Å². The van der Waals surface area contributed by atoms with Gasteiger partial charge >= 0.3 is 0 Å². The second-order valence-corrected chi connectivity index (χ2v) is 5.67. The van der Waals surface area contributed by atoms with Gasteiger partial charge in [0.2, 0.25) is 0 Å². The summed E-state index contributed by atoms with van der Waals surface area (Å²) in [6, 6.07) is 8.85. The van der Waals surface area contributed by atoms with Crippen LogP contribution in [0.2, 0.25) is 0 Å². The molecule has 1 N–H and O–H groups in total. The summed E-state index contributed by atoms with van der Waals surface area (Å²) in [5.41, 5.74) is 2.93. The van der Waals surface area contributed by atoms with Crippen molar-refractivity contribution in [1.82, 2.24) is 15.1 Å². The quantitative estimate of drug-likeness (QED) is 0.824. The Balaban J connectivity index is 1.87. The molecule has 1 saturated heterocycles. The van der Waals surface area contributed by atoms with Crippen LogP contribution < -0.4 is 5.32 Å². The lowest BCUT2D eigenvalue weighted by molar-refractivity contribution is 0.127. The fourth-order valence-corrected chi connectivity index (χ4v) is 2.87. The predicted octanol–water partition coefficient (Wildman–Crippen LogP) is 2.32. The van der Waals surface area contributed by atoms with Crippen molar-refractivity contribution in [3.05, 3.63) is 35.4 Å². The van der Waals surface area contributed by atoms with Crippen LogP contribution in [0.5, 0.6) is 0 Å². The van der Waals surface area contributed by atoms with Crippen molar-refractivity contribution in [3.63, 3.8) is 0 Å². The van der Waals surface area contributed by atoms with Crippen LogP contribution in [-0.2, 0) is 13.1 Å². The Labute approximate surface area is 124 Å². The summed E-state index contributed by atoms with van der Waals surface area (Å²) in [7, 11) is 0. The molecule has 0 unspecified atom stereocenters. The first kappa shape index (κ1) is 15.5. The molecule has 0 spiro atoms. The lowest BCUT2D eigenvalue weighted by Gasteiger charge is -2.34. The first-order valence-corrected chi connectivity index (χ1v) is 8.05. The average molecular weight is 275 g/mol. The second-order valence-electron chi connectivity index (χ2n) is 5.67. The molecule has 1 heterocycles. The minimum absolute atomic E-state index is 0.989. The van der Waals surface area contributed by atoms with Gasteiger partial charge in [0.1, 0.15) is 0 Å². The third-order valence-corrected chi connectivity index (χ3v) is 4.08. The highest BCUT2D eigenvalue weighted by molar-refractivity contribution is 5.27. The number of benzene rings is 1. The standard InChI is InChI=1S/C17H29N3/c1-3-9-19-10-12-20(13-11-19)15-17-8-6-5-7-16(17)14-18-4-2/h5-8,18H,3-4,9-15H2,1-2H3. The number of piperazine rings is 1. The molecule has 3 heteroatoms. The second kappa shape index (κ2) is 8.40. The summed E-state index contributed by atoms with van der Waals surface area (Å²) in [5.74, 6) is 0. The Morgan fingerprint density at radius 1 is 0.950 bits per heavy atom. The molecule has 0 atom stereocenters. The van der Waals surface area contributed by atoms with E-state index in [0.29, 0.717) is 0 Å². The summed E-state index contributed by atoms with van der Waals surface area (Å²) in [4.78, 5) is 5.18. The Kier molecular flexibility index (Phi) is 6.51. The molecule has 3 nitrogen and oxygen atoms in total. The molecular weight excluding hydrogens is 246 g/mol. The molecular formula is C17H29N3. The highest BCUT2D eigenvalue weighted by Crippen LogP contribution is 2.13. The zero-order chi connectivity index (χ0) is 14.2. The van der Waals surface area contributed by atoms with Crippen molar-refractivity contribution in [3.8, 4) is 0 Å². The predicted molar refractivity (Wildman–Crippen MR) is 85.8 cm³/mol. The van der Waals surface area contributed by atoms with Gasteiger partial charge in [-0.05, 0) is 30.6 Å². The maximum Gasteiger partial charge on any atom is 0.0238 e. The van der Waals surface area contributed by atoms with Crippen molar-refractivity contribution in [2.45, 2.75) is 33.4 Å². The monoisotopic (exact) mass is 275 g/mol. The Bertz CT molecular complexity index is 384. The van der Waals surface area contributed by atoms with E-state index in [4.69, 9.17) is 0 Å². The van der Waals surface area contributed by atoms with Crippen LogP contribution >= 0.6 is 0 Å². The normalized spacial score (nSPS) is 17.5. The lowest BCUT2D eigenvalue weighted by Crippen LogP contribution is -2.46. The Morgan fingerprint density at radius 3 is 2.25 bits per heavy atom. The Hall–Kier alpha value is -0.900. The van der Waals surface area contributed by atoms with E-state index in [9.17, 15) is 0 Å². The number of hydrogen-bond donors (Lipinski definition) is 1. The molecule has 1 fully saturated rings. The molecule has 0 radical (unpaired) electrons. The number of nitrogens with one attached hydrogen (secondary N) is 1. The average Bonchev–Trinajstić information content (AvgIpc) is 2.49. The molecule has 1 aliphatic heterocycles. The van der Waals surface area contributed by atoms with Crippen LogP contribution in [0.4, 0.5) is 0 Å². The number of rotatable bonds is 7. The zero-order valence-electron chi connectivity index (χ0n) is 13.1. The smallest absolute Gasteiger partial charge is 0.0238 e. The zero-order valence-corrected chi connectivity index (χ0v) is 13.1. The highest BCUT2D eigenvalue weighted by Gasteiger charge is 2.16. The van der Waals surface area contributed by atoms with Gasteiger partial charge in [-0.2, -0.15) is 0 Å². The van der Waals surface area contributed by atoms with Gasteiger partial charge in [0.15, 0.2) is 0 Å². The van der Waals surface area contributed by atoms with Crippen LogP contribution in [-0.4, -0.2) is 49.1 Å². The largest absolute Gasteiger partial charge is 0.313 e. The maximum atomic E-state index is 3.44. The van der Waals surface area contributed by atoms with Crippen molar-refractivity contribution >= 4 is 0 Å². The van der Waals surface area contributed by atoms with E-state index in [0.717, 1.165) is 19.6 Å². The van der Waals surface area contributed by atoms with E-state index < -0.39 is 0 Å². The molecule has 2 rings (SSSR count). The van der Waals surface area contributed by atoms with Gasteiger partial charge in [-0.3, -0.25) is 4.90 Å². The van der Waals surface area contributed by atoms with Gasteiger partial charge in [-0.1, -0.05) is 38.1 Å². The first-order chi connectivity index (χ1) is 9.83. The van der Waals surface area contributed by atoms with Crippen LogP contribution in [0.1, 0.15) is 31.4 Å². The molecule has 0 saturated carbocycles. The van der Waals surface area contributed by atoms with E-state index in [1.54, 1.807) is 0 Å². The van der Waals surface area contributed by atoms with E-state index in [1.807, 2.05) is 0 Å². The summed E-state index contributed by atoms with van der Waals surface area (Å²) >= 11 is 0. The molecule has 112 valence electrons. The summed E-state index contributed by atoms with van der Waals surface area (Å²) in [5, 5.41) is 3.44. The summed E-state index contributed by atoms with van der Waals surface area (Å²) < 4.78 is 0. The fraction of sp³-hybridized carbons (Fsp3) is 0.647. The number of hydrogen-bond acceptors (Lipinski definition) is 3. The molecule has 0 bridgehead atoms. The van der Waals surface area contributed by atoms with Crippen LogP contribution in [0.3, 0.4) is 0 Å². The summed E-state index contributed by atoms with van der Waals surface area (Å²) in [6.45, 7) is 13.7. The Morgan fingerprint density at radius 2 is 1.60 bits per heavy atom. The van der Waals surface area contributed by atoms with E-state index >= 15 is 0 Å². The fourth-order valence-electron chi connectivity index (χ4n) is 2.87. The van der Waals surface area contributed by atoms with Crippen LogP contribution in [0.25, 0.3) is 0 Å². The SMILES string of the molecule is CCCN1CCN(Cc2ccccc2CNCC)CC1. The van der Waals surface area contributed by atoms with Crippen LogP contribution in [0, 0.1) is 0 Å². The van der Waals surface area contributed by atoms with E-state index in [2.05, 4.69) is 53.2 Å². The van der Waals surface area contributed by atoms with Crippen LogP contribution in [0.15, 0.2) is 24.3 Å². The third-order valence-electron chi connectivity index (χ3n) is 4.08. The van der Waals surface area contributed by atoms with Gasteiger partial charge in [0.25, 0.3) is 0 Å². The topological polar surface area (TPSA) is 18.5 Å². The van der Waals surface area contributed by atoms with Crippen molar-refractivity contribution < 1.29 is 0 Å². The van der Waals surface area contributed by atoms with Crippen molar-refractivity contribution in [2.75, 3.05) is 39.3 Å². The minimum atomic E-state index is 0.989. The van der Waals surface area contributed by atoms with E-state index in [-0.39, 0.29) is 0 Å². The first-order valence-electron chi connectivity index (χ1n) is 8.05. The molecule has 20 heavy (non-hydrogen) atoms. The van der Waals surface area contributed by atoms with E-state index in [1.165, 1.54) is 50.3 Å².